The molecule has 0 bridgehead atoms. The maximum absolute atomic E-state index is 8.80. The van der Waals surface area contributed by atoms with Crippen molar-refractivity contribution in [2.45, 2.75) is 0 Å². The van der Waals surface area contributed by atoms with Gasteiger partial charge in [-0.25, -0.2) is 4.98 Å². The lowest BCUT2D eigenvalue weighted by Gasteiger charge is -2.11. The normalized spacial score (nSPS) is 10.9. The Labute approximate surface area is 119 Å². The lowest BCUT2D eigenvalue weighted by Crippen LogP contribution is -2.22. The van der Waals surface area contributed by atoms with Gasteiger partial charge < -0.3 is 10.3 Å². The number of nitrogens with one attached hydrogen (secondary N) is 2. The van der Waals surface area contributed by atoms with Crippen molar-refractivity contribution in [3.8, 4) is 11.8 Å². The van der Waals surface area contributed by atoms with Crippen LogP contribution in [0, 0.1) is 16.7 Å². The number of nitrogens with two attached hydrogens (primary N) is 1. The summed E-state index contributed by atoms with van der Waals surface area (Å²) in [4.78, 5) is 3.95. The Morgan fingerprint density at radius 1 is 1.55 bits per heavy atom. The molecule has 1 heterocycles. The van der Waals surface area contributed by atoms with Crippen LogP contribution in [0.3, 0.4) is 0 Å². The molecule has 8 heteroatoms. The van der Waals surface area contributed by atoms with Gasteiger partial charge in [0.05, 0.1) is 22.7 Å². The average Bonchev–Trinajstić information content (AvgIpc) is 2.92. The summed E-state index contributed by atoms with van der Waals surface area (Å²) in [6, 6.07) is 6.92. The largest absolute Gasteiger partial charge is 0.382 e. The summed E-state index contributed by atoms with van der Waals surface area (Å²) in [5, 5.41) is 20.3. The van der Waals surface area contributed by atoms with E-state index in [0.717, 1.165) is 0 Å². The van der Waals surface area contributed by atoms with E-state index in [0.29, 0.717) is 16.4 Å². The molecule has 0 radical (unpaired) electrons. The molecule has 0 atom stereocenters. The zero-order chi connectivity index (χ0) is 14.5. The van der Waals surface area contributed by atoms with Gasteiger partial charge in [0.15, 0.2) is 5.84 Å². The quantitative estimate of drug-likeness (QED) is 0.451. The highest BCUT2D eigenvalue weighted by atomic mass is 35.5. The van der Waals surface area contributed by atoms with E-state index in [4.69, 9.17) is 28.0 Å². The number of hydrazone groups is 1. The van der Waals surface area contributed by atoms with Gasteiger partial charge in [-0.2, -0.15) is 10.4 Å². The number of hydrogen-bond donors (Lipinski definition) is 3. The first-order chi connectivity index (χ1) is 9.63. The summed E-state index contributed by atoms with van der Waals surface area (Å²) in [6.45, 7) is 0. The number of halogens is 1. The smallest absolute Gasteiger partial charge is 0.201 e. The average molecular weight is 288 g/mol. The number of anilines is 1. The number of nitrogens with zero attached hydrogens (tertiary/aromatic N) is 4. The minimum atomic E-state index is -0.411. The lowest BCUT2D eigenvalue weighted by molar-refractivity contribution is 1.05. The van der Waals surface area contributed by atoms with Crippen molar-refractivity contribution in [3.05, 3.63) is 41.9 Å². The van der Waals surface area contributed by atoms with Crippen molar-refractivity contribution in [3.63, 3.8) is 0 Å². The molecule has 0 aliphatic heterocycles. The zero-order valence-corrected chi connectivity index (χ0v) is 11.0. The maximum Gasteiger partial charge on any atom is 0.201 e. The Kier molecular flexibility index (Phi) is 3.98. The standard InChI is InChI=1S/C12H10ClN7/c13-8-2-1-3-9(11(8)20-5-4-17-7-20)18-19-10(6-14)12(15)16/h1-5,7,18H,(H3,15,16)/b19-10+. The fourth-order valence-corrected chi connectivity index (χ4v) is 1.79. The molecule has 0 unspecified atom stereocenters. The molecule has 1 aromatic carbocycles. The molecule has 20 heavy (non-hydrogen) atoms. The number of para-hydroxylation sites is 1. The maximum atomic E-state index is 8.80. The molecule has 100 valence electrons. The molecule has 4 N–H and O–H groups in total. The van der Waals surface area contributed by atoms with Crippen molar-refractivity contribution in [1.82, 2.24) is 9.55 Å². The first kappa shape index (κ1) is 13.6. The Hall–Kier alpha value is -2.85. The van der Waals surface area contributed by atoms with E-state index in [1.54, 1.807) is 47.6 Å². The summed E-state index contributed by atoms with van der Waals surface area (Å²) in [5.74, 6) is -0.411. The van der Waals surface area contributed by atoms with Crippen LogP contribution in [0.2, 0.25) is 5.02 Å². The van der Waals surface area contributed by atoms with E-state index >= 15 is 0 Å². The van der Waals surface area contributed by atoms with Crippen LogP contribution < -0.4 is 11.2 Å². The molecule has 0 fully saturated rings. The third-order valence-electron chi connectivity index (χ3n) is 2.40. The van der Waals surface area contributed by atoms with E-state index in [1.807, 2.05) is 0 Å². The minimum Gasteiger partial charge on any atom is -0.382 e. The topological polar surface area (TPSA) is 116 Å². The number of hydrogen-bond acceptors (Lipinski definition) is 5. The molecule has 0 aliphatic carbocycles. The monoisotopic (exact) mass is 287 g/mol. The van der Waals surface area contributed by atoms with Gasteiger partial charge in [-0.3, -0.25) is 10.8 Å². The minimum absolute atomic E-state index is 0.207. The third kappa shape index (κ3) is 2.76. The Balaban J connectivity index is 2.42. The third-order valence-corrected chi connectivity index (χ3v) is 2.70. The second-order valence-corrected chi connectivity index (χ2v) is 4.11. The van der Waals surface area contributed by atoms with Gasteiger partial charge >= 0.3 is 0 Å². The van der Waals surface area contributed by atoms with Gasteiger partial charge in [0.1, 0.15) is 6.07 Å². The lowest BCUT2D eigenvalue weighted by atomic mass is 10.2. The fraction of sp³-hybridized carbons (Fsp3) is 0. The molecule has 7 nitrogen and oxygen atoms in total. The summed E-state index contributed by atoms with van der Waals surface area (Å²) in [7, 11) is 0. The molecule has 0 saturated heterocycles. The van der Waals surface area contributed by atoms with Crippen molar-refractivity contribution in [1.29, 1.82) is 10.7 Å². The van der Waals surface area contributed by atoms with Gasteiger partial charge in [0.25, 0.3) is 0 Å². The van der Waals surface area contributed by atoms with E-state index in [9.17, 15) is 0 Å². The Morgan fingerprint density at radius 2 is 2.35 bits per heavy atom. The highest BCUT2D eigenvalue weighted by molar-refractivity contribution is 6.45. The SMILES string of the molecule is N#C/C(=N\Nc1cccc(Cl)c1-n1ccnc1)C(=N)N. The van der Waals surface area contributed by atoms with Crippen LogP contribution in [0.25, 0.3) is 5.69 Å². The Bertz CT molecular complexity index is 697. The Morgan fingerprint density at radius 3 is 2.95 bits per heavy atom. The highest BCUT2D eigenvalue weighted by Gasteiger charge is 2.09. The number of benzene rings is 1. The predicted molar refractivity (Wildman–Crippen MR) is 77.2 cm³/mol. The number of rotatable bonds is 4. The highest BCUT2D eigenvalue weighted by Crippen LogP contribution is 2.28. The molecule has 1 aromatic heterocycles. The van der Waals surface area contributed by atoms with Gasteiger partial charge in [0.2, 0.25) is 5.71 Å². The van der Waals surface area contributed by atoms with Crippen LogP contribution in [-0.4, -0.2) is 21.1 Å². The zero-order valence-electron chi connectivity index (χ0n) is 10.2. The van der Waals surface area contributed by atoms with Crippen molar-refractivity contribution >= 4 is 28.8 Å². The van der Waals surface area contributed by atoms with Gasteiger partial charge in [-0.1, -0.05) is 17.7 Å². The van der Waals surface area contributed by atoms with Crippen LogP contribution in [0.4, 0.5) is 5.69 Å². The van der Waals surface area contributed by atoms with E-state index in [1.165, 1.54) is 0 Å². The summed E-state index contributed by atoms with van der Waals surface area (Å²) in [5.41, 5.74) is 8.90. The molecule has 0 spiro atoms. The second-order valence-electron chi connectivity index (χ2n) is 3.70. The molecule has 0 saturated carbocycles. The van der Waals surface area contributed by atoms with E-state index in [-0.39, 0.29) is 5.71 Å². The molecule has 0 aliphatic rings. The first-order valence-corrected chi connectivity index (χ1v) is 5.86. The van der Waals surface area contributed by atoms with Crippen LogP contribution in [0.5, 0.6) is 0 Å². The van der Waals surface area contributed by atoms with Crippen LogP contribution in [-0.2, 0) is 0 Å². The van der Waals surface area contributed by atoms with Crippen molar-refractivity contribution < 1.29 is 0 Å². The van der Waals surface area contributed by atoms with Gasteiger partial charge in [-0.15, -0.1) is 0 Å². The number of imidazole rings is 1. The molecule has 0 amide bonds. The number of nitriles is 1. The first-order valence-electron chi connectivity index (χ1n) is 5.48. The number of aromatic nitrogens is 2. The summed E-state index contributed by atoms with van der Waals surface area (Å²) >= 11 is 6.16. The van der Waals surface area contributed by atoms with Crippen LogP contribution >= 0.6 is 11.6 Å². The molecular weight excluding hydrogens is 278 g/mol. The summed E-state index contributed by atoms with van der Waals surface area (Å²) < 4.78 is 1.71. The summed E-state index contributed by atoms with van der Waals surface area (Å²) in [6.07, 6.45) is 4.94. The van der Waals surface area contributed by atoms with E-state index in [2.05, 4.69) is 15.5 Å². The van der Waals surface area contributed by atoms with Crippen molar-refractivity contribution in [2.24, 2.45) is 10.8 Å². The molecule has 2 rings (SSSR count). The van der Waals surface area contributed by atoms with E-state index < -0.39 is 5.84 Å². The predicted octanol–water partition coefficient (Wildman–Crippen LogP) is 1.75. The van der Waals surface area contributed by atoms with Gasteiger partial charge in [0, 0.05) is 12.4 Å². The van der Waals surface area contributed by atoms with Gasteiger partial charge in [-0.05, 0) is 12.1 Å². The fourth-order valence-electron chi connectivity index (χ4n) is 1.52. The number of amidine groups is 1. The second kappa shape index (κ2) is 5.86. The van der Waals surface area contributed by atoms with Crippen LogP contribution in [0.15, 0.2) is 42.0 Å². The van der Waals surface area contributed by atoms with Crippen molar-refractivity contribution in [2.75, 3.05) is 5.43 Å². The van der Waals surface area contributed by atoms with Crippen LogP contribution in [0.1, 0.15) is 0 Å². The molecular formula is C12H10ClN7. The molecule has 2 aromatic rings.